The average Bonchev–Trinajstić information content (AvgIpc) is 2.94. The standard InChI is InChI=1S/C14H19ClN4O2/c1-21-14-11-12(3-4-13(14)15)16-7-9-17(10-8-16)18-5-2-6-19(18)20/h2-5,11,20H,6-10H2,1H3. The molecule has 0 aliphatic carbocycles. The first-order valence-electron chi connectivity index (χ1n) is 6.94. The molecule has 0 amide bonds. The van der Waals surface area contributed by atoms with E-state index in [1.807, 2.05) is 30.5 Å². The van der Waals surface area contributed by atoms with Crippen molar-refractivity contribution >= 4 is 17.3 Å². The lowest BCUT2D eigenvalue weighted by atomic mass is 10.2. The van der Waals surface area contributed by atoms with Gasteiger partial charge in [-0.3, -0.25) is 5.21 Å². The number of rotatable bonds is 3. The SMILES string of the molecule is COc1cc(N2CCN(N3C=CCN3O)CC2)ccc1Cl. The maximum atomic E-state index is 9.73. The highest BCUT2D eigenvalue weighted by Gasteiger charge is 2.25. The van der Waals surface area contributed by atoms with E-state index in [2.05, 4.69) is 9.91 Å². The van der Waals surface area contributed by atoms with Gasteiger partial charge in [0.25, 0.3) is 0 Å². The molecule has 1 aromatic carbocycles. The van der Waals surface area contributed by atoms with Crippen molar-refractivity contribution in [3.8, 4) is 5.75 Å². The summed E-state index contributed by atoms with van der Waals surface area (Å²) in [6, 6.07) is 5.83. The Morgan fingerprint density at radius 3 is 2.57 bits per heavy atom. The summed E-state index contributed by atoms with van der Waals surface area (Å²) in [4.78, 5) is 2.29. The molecule has 2 aliphatic heterocycles. The fourth-order valence-corrected chi connectivity index (χ4v) is 2.84. The van der Waals surface area contributed by atoms with Crippen LogP contribution >= 0.6 is 11.6 Å². The third-order valence-electron chi connectivity index (χ3n) is 3.79. The zero-order chi connectivity index (χ0) is 14.8. The lowest BCUT2D eigenvalue weighted by Crippen LogP contribution is -2.55. The molecule has 0 saturated carbocycles. The molecule has 21 heavy (non-hydrogen) atoms. The molecule has 114 valence electrons. The minimum atomic E-state index is 0.536. The van der Waals surface area contributed by atoms with Gasteiger partial charge in [-0.25, -0.2) is 10.1 Å². The van der Waals surface area contributed by atoms with Crippen LogP contribution in [-0.4, -0.2) is 60.3 Å². The summed E-state index contributed by atoms with van der Waals surface area (Å²) in [6.45, 7) is 3.97. The molecule has 0 radical (unpaired) electrons. The Morgan fingerprint density at radius 2 is 1.95 bits per heavy atom. The molecule has 1 saturated heterocycles. The van der Waals surface area contributed by atoms with Crippen LogP contribution in [0, 0.1) is 0 Å². The van der Waals surface area contributed by atoms with Crippen LogP contribution in [0.5, 0.6) is 5.75 Å². The molecule has 2 aliphatic rings. The first-order valence-corrected chi connectivity index (χ1v) is 7.32. The quantitative estimate of drug-likeness (QED) is 0.918. The Balaban J connectivity index is 1.64. The van der Waals surface area contributed by atoms with Gasteiger partial charge in [0.15, 0.2) is 0 Å². The van der Waals surface area contributed by atoms with Gasteiger partial charge in [0, 0.05) is 44.1 Å². The minimum absolute atomic E-state index is 0.536. The summed E-state index contributed by atoms with van der Waals surface area (Å²) in [5.41, 5.74) is 1.11. The normalized spacial score (nSPS) is 20.3. The first-order chi connectivity index (χ1) is 10.2. The maximum Gasteiger partial charge on any atom is 0.139 e. The monoisotopic (exact) mass is 310 g/mol. The highest BCUT2D eigenvalue weighted by atomic mass is 35.5. The summed E-state index contributed by atoms with van der Waals surface area (Å²) >= 11 is 6.06. The van der Waals surface area contributed by atoms with E-state index in [0.29, 0.717) is 17.3 Å². The molecule has 0 atom stereocenters. The summed E-state index contributed by atoms with van der Waals surface area (Å²) in [5, 5.41) is 15.4. The summed E-state index contributed by atoms with van der Waals surface area (Å²) in [7, 11) is 1.62. The van der Waals surface area contributed by atoms with E-state index in [1.54, 1.807) is 12.2 Å². The van der Waals surface area contributed by atoms with E-state index in [-0.39, 0.29) is 0 Å². The molecule has 1 aromatic rings. The van der Waals surface area contributed by atoms with Crippen molar-refractivity contribution < 1.29 is 9.94 Å². The summed E-state index contributed by atoms with van der Waals surface area (Å²) < 4.78 is 5.27. The molecule has 0 spiro atoms. The van der Waals surface area contributed by atoms with Gasteiger partial charge in [0.2, 0.25) is 0 Å². The zero-order valence-electron chi connectivity index (χ0n) is 11.9. The molecular formula is C14H19ClN4O2. The fourth-order valence-electron chi connectivity index (χ4n) is 2.64. The second kappa shape index (κ2) is 6.11. The number of hydroxylamine groups is 1. The molecule has 0 unspecified atom stereocenters. The zero-order valence-corrected chi connectivity index (χ0v) is 12.7. The molecule has 2 heterocycles. The molecule has 7 heteroatoms. The lowest BCUT2D eigenvalue weighted by molar-refractivity contribution is -0.285. The smallest absolute Gasteiger partial charge is 0.139 e. The number of piperazine rings is 1. The van der Waals surface area contributed by atoms with Gasteiger partial charge in [-0.15, -0.1) is 0 Å². The van der Waals surface area contributed by atoms with E-state index < -0.39 is 0 Å². The predicted octanol–water partition coefficient (Wildman–Crippen LogP) is 1.82. The number of benzene rings is 1. The maximum absolute atomic E-state index is 9.73. The van der Waals surface area contributed by atoms with Crippen molar-refractivity contribution in [2.24, 2.45) is 0 Å². The van der Waals surface area contributed by atoms with E-state index in [0.717, 1.165) is 31.9 Å². The number of methoxy groups -OCH3 is 1. The highest BCUT2D eigenvalue weighted by Crippen LogP contribution is 2.30. The van der Waals surface area contributed by atoms with Gasteiger partial charge in [-0.1, -0.05) is 16.8 Å². The highest BCUT2D eigenvalue weighted by molar-refractivity contribution is 6.32. The number of anilines is 1. The van der Waals surface area contributed by atoms with Gasteiger partial charge in [0.1, 0.15) is 5.75 Å². The molecule has 6 nitrogen and oxygen atoms in total. The van der Waals surface area contributed by atoms with E-state index in [1.165, 1.54) is 5.17 Å². The van der Waals surface area contributed by atoms with Crippen LogP contribution in [0.25, 0.3) is 0 Å². The van der Waals surface area contributed by atoms with Crippen molar-refractivity contribution in [2.45, 2.75) is 0 Å². The van der Waals surface area contributed by atoms with Gasteiger partial charge in [0.05, 0.1) is 18.7 Å². The Labute approximate surface area is 129 Å². The predicted molar refractivity (Wildman–Crippen MR) is 81.3 cm³/mol. The van der Waals surface area contributed by atoms with Crippen molar-refractivity contribution in [3.05, 3.63) is 35.5 Å². The van der Waals surface area contributed by atoms with Crippen LogP contribution in [0.15, 0.2) is 30.5 Å². The molecule has 1 fully saturated rings. The summed E-state index contributed by atoms with van der Waals surface area (Å²) in [5.74, 6) is 0.695. The summed E-state index contributed by atoms with van der Waals surface area (Å²) in [6.07, 6.45) is 3.82. The average molecular weight is 311 g/mol. The molecule has 0 aromatic heterocycles. The number of halogens is 1. The minimum Gasteiger partial charge on any atom is -0.495 e. The Kier molecular flexibility index (Phi) is 4.21. The van der Waals surface area contributed by atoms with Crippen molar-refractivity contribution in [3.63, 3.8) is 0 Å². The van der Waals surface area contributed by atoms with Crippen molar-refractivity contribution in [1.82, 2.24) is 15.3 Å². The second-order valence-corrected chi connectivity index (χ2v) is 5.43. The Morgan fingerprint density at radius 1 is 1.19 bits per heavy atom. The van der Waals surface area contributed by atoms with Crippen molar-refractivity contribution in [1.29, 1.82) is 0 Å². The van der Waals surface area contributed by atoms with Crippen LogP contribution in [0.1, 0.15) is 0 Å². The van der Waals surface area contributed by atoms with E-state index in [4.69, 9.17) is 16.3 Å². The van der Waals surface area contributed by atoms with Crippen LogP contribution in [0.3, 0.4) is 0 Å². The number of hydrogen-bond acceptors (Lipinski definition) is 6. The molecule has 0 bridgehead atoms. The number of ether oxygens (including phenoxy) is 1. The number of hydrogen-bond donors (Lipinski definition) is 1. The lowest BCUT2D eigenvalue weighted by Gasteiger charge is -2.41. The molecule has 1 N–H and O–H groups in total. The second-order valence-electron chi connectivity index (χ2n) is 5.02. The largest absolute Gasteiger partial charge is 0.495 e. The third-order valence-corrected chi connectivity index (χ3v) is 4.10. The van der Waals surface area contributed by atoms with Gasteiger partial charge < -0.3 is 9.64 Å². The van der Waals surface area contributed by atoms with Crippen LogP contribution in [0.2, 0.25) is 5.02 Å². The first kappa shape index (κ1) is 14.5. The van der Waals surface area contributed by atoms with Gasteiger partial charge in [-0.05, 0) is 18.2 Å². The van der Waals surface area contributed by atoms with E-state index >= 15 is 0 Å². The van der Waals surface area contributed by atoms with Crippen molar-refractivity contribution in [2.75, 3.05) is 44.7 Å². The Bertz CT molecular complexity index is 532. The third kappa shape index (κ3) is 2.94. The number of nitrogens with zero attached hydrogens (tertiary/aromatic N) is 4. The molecular weight excluding hydrogens is 292 g/mol. The number of hydrazine groups is 2. The van der Waals surface area contributed by atoms with Crippen LogP contribution in [0.4, 0.5) is 5.69 Å². The van der Waals surface area contributed by atoms with E-state index in [9.17, 15) is 5.21 Å². The molecule has 3 rings (SSSR count). The fraction of sp³-hybridized carbons (Fsp3) is 0.429. The van der Waals surface area contributed by atoms with Gasteiger partial charge >= 0.3 is 0 Å². The van der Waals surface area contributed by atoms with Crippen LogP contribution < -0.4 is 9.64 Å². The van der Waals surface area contributed by atoms with Crippen LogP contribution in [-0.2, 0) is 0 Å². The topological polar surface area (TPSA) is 42.4 Å². The Hall–Kier alpha value is -1.47. The van der Waals surface area contributed by atoms with Gasteiger partial charge in [-0.2, -0.15) is 0 Å².